The van der Waals surface area contributed by atoms with Crippen molar-refractivity contribution in [2.24, 2.45) is 0 Å². The number of aliphatic hydroxyl groups excluding tert-OH is 1. The molecule has 1 amide bonds. The third-order valence-corrected chi connectivity index (χ3v) is 6.25. The molecule has 0 bridgehead atoms. The van der Waals surface area contributed by atoms with E-state index in [1.807, 2.05) is 26.0 Å². The van der Waals surface area contributed by atoms with Gasteiger partial charge in [0.15, 0.2) is 5.75 Å². The average Bonchev–Trinajstić information content (AvgIpc) is 3.09. The molecule has 8 heteroatoms. The van der Waals surface area contributed by atoms with Crippen molar-refractivity contribution < 1.29 is 24.2 Å². The summed E-state index contributed by atoms with van der Waals surface area (Å²) in [6.45, 7) is 4.21. The molecule has 0 aliphatic carbocycles. The van der Waals surface area contributed by atoms with Crippen LogP contribution < -0.4 is 14.4 Å². The number of halogens is 2. The monoisotopic (exact) mass is 511 g/mol. The van der Waals surface area contributed by atoms with E-state index < -0.39 is 23.5 Å². The fraction of sp³-hybridized carbons (Fsp3) is 0.185. The van der Waals surface area contributed by atoms with Crippen LogP contribution in [0.3, 0.4) is 0 Å². The molecule has 1 aliphatic heterocycles. The van der Waals surface area contributed by atoms with Gasteiger partial charge in [-0.3, -0.25) is 14.5 Å². The van der Waals surface area contributed by atoms with E-state index in [1.165, 1.54) is 24.1 Å². The number of rotatable bonds is 6. The number of ketones is 1. The Bertz CT molecular complexity index is 1330. The standard InChI is InChI=1S/C27H23Cl2NO5/c1-4-35-19-10-6-8-16(12-19)23-22(24(31)17-13-20(28)26(34-3)21(29)14-17)25(32)27(33)30(23)18-9-5-7-15(2)11-18/h5-14,23,31H,4H2,1-3H3/b24-22+. The number of benzene rings is 3. The quantitative estimate of drug-likeness (QED) is 0.237. The van der Waals surface area contributed by atoms with Gasteiger partial charge < -0.3 is 14.6 Å². The molecule has 1 atom stereocenters. The number of methoxy groups -OCH3 is 1. The van der Waals surface area contributed by atoms with Crippen molar-refractivity contribution in [1.82, 2.24) is 0 Å². The van der Waals surface area contributed by atoms with Crippen LogP contribution in [0.4, 0.5) is 5.69 Å². The van der Waals surface area contributed by atoms with Crippen LogP contribution in [0.15, 0.2) is 66.2 Å². The van der Waals surface area contributed by atoms with E-state index in [9.17, 15) is 14.7 Å². The van der Waals surface area contributed by atoms with Crippen molar-refractivity contribution in [1.29, 1.82) is 0 Å². The van der Waals surface area contributed by atoms with E-state index in [1.54, 1.807) is 36.4 Å². The molecule has 3 aromatic carbocycles. The number of anilines is 1. The van der Waals surface area contributed by atoms with Crippen LogP contribution in [-0.4, -0.2) is 30.5 Å². The predicted molar refractivity (Wildman–Crippen MR) is 137 cm³/mol. The predicted octanol–water partition coefficient (Wildman–Crippen LogP) is 6.34. The van der Waals surface area contributed by atoms with Crippen LogP contribution in [0, 0.1) is 6.92 Å². The summed E-state index contributed by atoms with van der Waals surface area (Å²) in [5.41, 5.74) is 2.16. The summed E-state index contributed by atoms with van der Waals surface area (Å²) in [5.74, 6) is -1.15. The van der Waals surface area contributed by atoms with Crippen molar-refractivity contribution in [3.8, 4) is 11.5 Å². The molecule has 6 nitrogen and oxygen atoms in total. The van der Waals surface area contributed by atoms with Gasteiger partial charge in [-0.1, -0.05) is 47.5 Å². The van der Waals surface area contributed by atoms with Crippen LogP contribution in [0.5, 0.6) is 11.5 Å². The summed E-state index contributed by atoms with van der Waals surface area (Å²) in [6, 6.07) is 16.3. The third kappa shape index (κ3) is 4.59. The zero-order valence-electron chi connectivity index (χ0n) is 19.3. The summed E-state index contributed by atoms with van der Waals surface area (Å²) < 4.78 is 10.8. The molecular formula is C27H23Cl2NO5. The maximum atomic E-state index is 13.3. The molecule has 0 spiro atoms. The molecule has 35 heavy (non-hydrogen) atoms. The van der Waals surface area contributed by atoms with Gasteiger partial charge in [0.25, 0.3) is 11.7 Å². The van der Waals surface area contributed by atoms with Crippen molar-refractivity contribution in [3.63, 3.8) is 0 Å². The molecule has 0 radical (unpaired) electrons. The number of hydrogen-bond acceptors (Lipinski definition) is 5. The Morgan fingerprint density at radius 3 is 2.34 bits per heavy atom. The summed E-state index contributed by atoms with van der Waals surface area (Å²) in [7, 11) is 1.42. The van der Waals surface area contributed by atoms with Crippen LogP contribution in [0.2, 0.25) is 10.0 Å². The molecule has 1 aliphatic rings. The number of nitrogens with zero attached hydrogens (tertiary/aromatic N) is 1. The first-order chi connectivity index (χ1) is 16.8. The SMILES string of the molecule is CCOc1cccc(C2/C(=C(\O)c3cc(Cl)c(OC)c(Cl)c3)C(=O)C(=O)N2c2cccc(C)c2)c1. The van der Waals surface area contributed by atoms with Gasteiger partial charge in [0.2, 0.25) is 0 Å². The van der Waals surface area contributed by atoms with E-state index in [0.29, 0.717) is 23.6 Å². The number of carbonyl (C=O) groups excluding carboxylic acids is 2. The molecule has 1 N–H and O–H groups in total. The Balaban J connectivity index is 1.97. The first-order valence-corrected chi connectivity index (χ1v) is 11.7. The van der Waals surface area contributed by atoms with Gasteiger partial charge in [0.05, 0.1) is 35.4 Å². The zero-order valence-corrected chi connectivity index (χ0v) is 20.9. The highest BCUT2D eigenvalue weighted by Crippen LogP contribution is 2.44. The van der Waals surface area contributed by atoms with E-state index in [-0.39, 0.29) is 26.9 Å². The molecule has 0 aromatic heterocycles. The van der Waals surface area contributed by atoms with Crippen molar-refractivity contribution in [2.75, 3.05) is 18.6 Å². The van der Waals surface area contributed by atoms with Crippen molar-refractivity contribution >= 4 is 46.3 Å². The summed E-state index contributed by atoms with van der Waals surface area (Å²) in [5, 5.41) is 11.6. The number of Topliss-reactive ketones (excluding diaryl/α,β-unsaturated/α-hetero) is 1. The normalized spacial score (nSPS) is 17.1. The van der Waals surface area contributed by atoms with Crippen LogP contribution in [0.1, 0.15) is 29.7 Å². The highest BCUT2D eigenvalue weighted by atomic mass is 35.5. The molecule has 1 fully saturated rings. The highest BCUT2D eigenvalue weighted by Gasteiger charge is 2.47. The average molecular weight is 512 g/mol. The number of hydrogen-bond donors (Lipinski definition) is 1. The molecule has 0 saturated carbocycles. The minimum Gasteiger partial charge on any atom is -0.507 e. The smallest absolute Gasteiger partial charge is 0.300 e. The lowest BCUT2D eigenvalue weighted by atomic mass is 9.95. The molecule has 1 saturated heterocycles. The van der Waals surface area contributed by atoms with E-state index >= 15 is 0 Å². The Hall–Kier alpha value is -3.48. The van der Waals surface area contributed by atoms with Crippen molar-refractivity contribution in [3.05, 3.63) is 93.0 Å². The lowest BCUT2D eigenvalue weighted by Crippen LogP contribution is -2.29. The lowest BCUT2D eigenvalue weighted by Gasteiger charge is -2.26. The largest absolute Gasteiger partial charge is 0.507 e. The van der Waals surface area contributed by atoms with Gasteiger partial charge in [-0.25, -0.2) is 0 Å². The number of carbonyl (C=O) groups is 2. The third-order valence-electron chi connectivity index (χ3n) is 5.68. The van der Waals surface area contributed by atoms with Crippen molar-refractivity contribution in [2.45, 2.75) is 19.9 Å². The second-order valence-corrected chi connectivity index (χ2v) is 8.80. The molecule has 1 heterocycles. The molecule has 4 rings (SSSR count). The molecular weight excluding hydrogens is 489 g/mol. The first kappa shape index (κ1) is 24.6. The van der Waals surface area contributed by atoms with Crippen LogP contribution in [0.25, 0.3) is 5.76 Å². The summed E-state index contributed by atoms with van der Waals surface area (Å²) in [4.78, 5) is 28.1. The van der Waals surface area contributed by atoms with E-state index in [2.05, 4.69) is 0 Å². The number of ether oxygens (including phenoxy) is 2. The fourth-order valence-electron chi connectivity index (χ4n) is 4.18. The Morgan fingerprint density at radius 1 is 1.03 bits per heavy atom. The number of amides is 1. The van der Waals surface area contributed by atoms with Crippen LogP contribution in [-0.2, 0) is 9.59 Å². The van der Waals surface area contributed by atoms with Gasteiger partial charge in [0.1, 0.15) is 11.5 Å². The van der Waals surface area contributed by atoms with E-state index in [0.717, 1.165) is 5.56 Å². The maximum Gasteiger partial charge on any atom is 0.300 e. The number of aryl methyl sites for hydroxylation is 1. The molecule has 180 valence electrons. The highest BCUT2D eigenvalue weighted by molar-refractivity contribution is 6.51. The fourth-order valence-corrected chi connectivity index (χ4v) is 4.82. The van der Waals surface area contributed by atoms with Gasteiger partial charge >= 0.3 is 0 Å². The molecule has 3 aromatic rings. The van der Waals surface area contributed by atoms with Crippen LogP contribution >= 0.6 is 23.2 Å². The molecule has 1 unspecified atom stereocenters. The second-order valence-electron chi connectivity index (χ2n) is 7.99. The maximum absolute atomic E-state index is 13.3. The van der Waals surface area contributed by atoms with Gasteiger partial charge in [0, 0.05) is 11.3 Å². The second kappa shape index (κ2) is 10.0. The Kier molecular flexibility index (Phi) is 7.05. The topological polar surface area (TPSA) is 76.1 Å². The minimum absolute atomic E-state index is 0.0811. The lowest BCUT2D eigenvalue weighted by molar-refractivity contribution is -0.132. The number of aliphatic hydroxyl groups is 1. The Labute approximate surface area is 213 Å². The minimum atomic E-state index is -0.906. The first-order valence-electron chi connectivity index (χ1n) is 10.9. The van der Waals surface area contributed by atoms with Gasteiger partial charge in [-0.15, -0.1) is 0 Å². The van der Waals surface area contributed by atoms with Gasteiger partial charge in [-0.05, 0) is 61.4 Å². The Morgan fingerprint density at radius 2 is 1.71 bits per heavy atom. The van der Waals surface area contributed by atoms with E-state index in [4.69, 9.17) is 32.7 Å². The zero-order chi connectivity index (χ0) is 25.3. The summed E-state index contributed by atoms with van der Waals surface area (Å²) >= 11 is 12.6. The summed E-state index contributed by atoms with van der Waals surface area (Å²) in [6.07, 6.45) is 0. The van der Waals surface area contributed by atoms with Gasteiger partial charge in [-0.2, -0.15) is 0 Å².